The van der Waals surface area contributed by atoms with Gasteiger partial charge < -0.3 is 9.15 Å². The molecule has 1 aromatic carbocycles. The molecule has 3 nitrogen and oxygen atoms in total. The lowest BCUT2D eigenvalue weighted by atomic mass is 10.2. The Kier molecular flexibility index (Phi) is 2.77. The summed E-state index contributed by atoms with van der Waals surface area (Å²) in [5.74, 6) is 0.560. The fraction of sp³-hybridized carbons (Fsp3) is 0.182. The first kappa shape index (κ1) is 10.2. The predicted molar refractivity (Wildman–Crippen MR) is 61.4 cm³/mol. The highest BCUT2D eigenvalue weighted by Crippen LogP contribution is 2.26. The van der Waals surface area contributed by atoms with Crippen LogP contribution in [0.5, 0.6) is 5.75 Å². The van der Waals surface area contributed by atoms with E-state index in [0.717, 1.165) is 9.86 Å². The molecule has 0 saturated heterocycles. The van der Waals surface area contributed by atoms with Crippen LogP contribution in [-0.4, -0.2) is 6.61 Å². The van der Waals surface area contributed by atoms with E-state index >= 15 is 0 Å². The van der Waals surface area contributed by atoms with Gasteiger partial charge in [0.15, 0.2) is 0 Å². The number of ether oxygens (including phenoxy) is 1. The molecule has 0 saturated carbocycles. The number of hydrogen-bond acceptors (Lipinski definition) is 3. The van der Waals surface area contributed by atoms with Crippen LogP contribution < -0.4 is 10.4 Å². The van der Waals surface area contributed by atoms with Crippen molar-refractivity contribution in [3.63, 3.8) is 0 Å². The lowest BCUT2D eigenvalue weighted by Gasteiger charge is -2.05. The van der Waals surface area contributed by atoms with E-state index in [0.29, 0.717) is 17.9 Å². The molecule has 0 radical (unpaired) electrons. The summed E-state index contributed by atoms with van der Waals surface area (Å²) in [6.07, 6.45) is 0. The molecule has 78 valence electrons. The Labute approximate surface area is 94.8 Å². The smallest absolute Gasteiger partial charge is 0.339 e. The van der Waals surface area contributed by atoms with Crippen LogP contribution >= 0.6 is 15.9 Å². The molecule has 15 heavy (non-hydrogen) atoms. The maximum atomic E-state index is 11.2. The normalized spacial score (nSPS) is 10.5. The lowest BCUT2D eigenvalue weighted by Crippen LogP contribution is -2.01. The van der Waals surface area contributed by atoms with Crippen molar-refractivity contribution in [1.82, 2.24) is 0 Å². The highest BCUT2D eigenvalue weighted by molar-refractivity contribution is 9.10. The fourth-order valence-electron chi connectivity index (χ4n) is 1.38. The molecule has 0 fully saturated rings. The van der Waals surface area contributed by atoms with E-state index in [1.54, 1.807) is 6.07 Å². The van der Waals surface area contributed by atoms with Crippen molar-refractivity contribution in [1.29, 1.82) is 0 Å². The van der Waals surface area contributed by atoms with Gasteiger partial charge in [0.1, 0.15) is 11.3 Å². The van der Waals surface area contributed by atoms with Crippen LogP contribution in [0.25, 0.3) is 11.0 Å². The Morgan fingerprint density at radius 2 is 2.20 bits per heavy atom. The Morgan fingerprint density at radius 3 is 2.93 bits per heavy atom. The van der Waals surface area contributed by atoms with Crippen LogP contribution in [0, 0.1) is 0 Å². The van der Waals surface area contributed by atoms with Crippen molar-refractivity contribution < 1.29 is 9.15 Å². The van der Waals surface area contributed by atoms with Gasteiger partial charge in [-0.25, -0.2) is 4.79 Å². The number of benzene rings is 1. The molecule has 4 heteroatoms. The first-order valence-corrected chi connectivity index (χ1v) is 5.36. The van der Waals surface area contributed by atoms with Crippen LogP contribution in [0.4, 0.5) is 0 Å². The zero-order valence-electron chi connectivity index (χ0n) is 8.12. The topological polar surface area (TPSA) is 39.4 Å². The number of hydrogen-bond donors (Lipinski definition) is 0. The van der Waals surface area contributed by atoms with Gasteiger partial charge in [0.05, 0.1) is 18.1 Å². The van der Waals surface area contributed by atoms with Gasteiger partial charge in [-0.3, -0.25) is 0 Å². The summed E-state index contributed by atoms with van der Waals surface area (Å²) < 4.78 is 11.3. The van der Waals surface area contributed by atoms with Crippen LogP contribution in [-0.2, 0) is 0 Å². The minimum absolute atomic E-state index is 0.395. The van der Waals surface area contributed by atoms with Gasteiger partial charge in [-0.2, -0.15) is 0 Å². The Hall–Kier alpha value is -1.29. The maximum absolute atomic E-state index is 11.2. The van der Waals surface area contributed by atoms with Crippen LogP contribution in [0.1, 0.15) is 6.92 Å². The summed E-state index contributed by atoms with van der Waals surface area (Å²) in [7, 11) is 0. The van der Waals surface area contributed by atoms with Gasteiger partial charge in [-0.15, -0.1) is 0 Å². The molecule has 0 amide bonds. The molecule has 0 bridgehead atoms. The van der Waals surface area contributed by atoms with Gasteiger partial charge >= 0.3 is 5.63 Å². The maximum Gasteiger partial charge on any atom is 0.339 e. The van der Waals surface area contributed by atoms with Crippen molar-refractivity contribution in [2.45, 2.75) is 6.92 Å². The standard InChI is InChI=1S/C11H9BrO3/c1-2-14-10-6-11(13)15-9-4-3-7(12)5-8(9)10/h3-6H,2H2,1H3. The Morgan fingerprint density at radius 1 is 1.40 bits per heavy atom. The third kappa shape index (κ3) is 2.04. The highest BCUT2D eigenvalue weighted by Gasteiger charge is 2.06. The summed E-state index contributed by atoms with van der Waals surface area (Å²) in [5.41, 5.74) is 0.141. The average molecular weight is 269 g/mol. The molecule has 1 aromatic heterocycles. The summed E-state index contributed by atoms with van der Waals surface area (Å²) in [6, 6.07) is 6.78. The van der Waals surface area contributed by atoms with Gasteiger partial charge in [0.2, 0.25) is 0 Å². The molecule has 0 unspecified atom stereocenters. The second kappa shape index (κ2) is 4.06. The second-order valence-corrected chi connectivity index (χ2v) is 3.92. The molecule has 0 aliphatic heterocycles. The van der Waals surface area contributed by atoms with Crippen LogP contribution in [0.2, 0.25) is 0 Å². The van der Waals surface area contributed by atoms with E-state index < -0.39 is 5.63 Å². The molecule has 0 N–H and O–H groups in total. The Bertz CT molecular complexity index is 545. The zero-order valence-corrected chi connectivity index (χ0v) is 9.71. The van der Waals surface area contributed by atoms with Crippen molar-refractivity contribution >= 4 is 26.9 Å². The van der Waals surface area contributed by atoms with E-state index in [9.17, 15) is 4.79 Å². The molecular weight excluding hydrogens is 260 g/mol. The van der Waals surface area contributed by atoms with E-state index in [4.69, 9.17) is 9.15 Å². The van der Waals surface area contributed by atoms with E-state index in [1.807, 2.05) is 19.1 Å². The molecule has 0 atom stereocenters. The van der Waals surface area contributed by atoms with Crippen molar-refractivity contribution in [2.75, 3.05) is 6.61 Å². The monoisotopic (exact) mass is 268 g/mol. The summed E-state index contributed by atoms with van der Waals surface area (Å²) in [6.45, 7) is 2.39. The lowest BCUT2D eigenvalue weighted by molar-refractivity contribution is 0.341. The number of fused-ring (bicyclic) bond motifs is 1. The molecular formula is C11H9BrO3. The van der Waals surface area contributed by atoms with E-state index in [1.165, 1.54) is 6.07 Å². The highest BCUT2D eigenvalue weighted by atomic mass is 79.9. The number of rotatable bonds is 2. The van der Waals surface area contributed by atoms with Crippen molar-refractivity contribution in [3.05, 3.63) is 39.2 Å². The minimum atomic E-state index is -0.395. The zero-order chi connectivity index (χ0) is 10.8. The van der Waals surface area contributed by atoms with E-state index in [-0.39, 0.29) is 0 Å². The van der Waals surface area contributed by atoms with E-state index in [2.05, 4.69) is 15.9 Å². The van der Waals surface area contributed by atoms with Crippen LogP contribution in [0.15, 0.2) is 37.9 Å². The molecule has 0 aliphatic rings. The van der Waals surface area contributed by atoms with Gasteiger partial charge in [0.25, 0.3) is 0 Å². The van der Waals surface area contributed by atoms with Crippen molar-refractivity contribution in [3.8, 4) is 5.75 Å². The van der Waals surface area contributed by atoms with Crippen LogP contribution in [0.3, 0.4) is 0 Å². The van der Waals surface area contributed by atoms with Gasteiger partial charge in [-0.1, -0.05) is 15.9 Å². The summed E-state index contributed by atoms with van der Waals surface area (Å²) in [5, 5.41) is 0.797. The van der Waals surface area contributed by atoms with Gasteiger partial charge in [0, 0.05) is 4.47 Å². The third-order valence-corrected chi connectivity index (χ3v) is 2.46. The Balaban J connectivity index is 2.75. The first-order chi connectivity index (χ1) is 7.20. The predicted octanol–water partition coefficient (Wildman–Crippen LogP) is 2.95. The molecule has 2 aromatic rings. The second-order valence-electron chi connectivity index (χ2n) is 3.00. The summed E-state index contributed by atoms with van der Waals surface area (Å²) in [4.78, 5) is 11.2. The molecule has 1 heterocycles. The molecule has 0 spiro atoms. The quantitative estimate of drug-likeness (QED) is 0.787. The third-order valence-electron chi connectivity index (χ3n) is 1.97. The van der Waals surface area contributed by atoms with Gasteiger partial charge in [-0.05, 0) is 25.1 Å². The average Bonchev–Trinajstić information content (AvgIpc) is 2.19. The largest absolute Gasteiger partial charge is 0.493 e. The van der Waals surface area contributed by atoms with Crippen molar-refractivity contribution in [2.24, 2.45) is 0 Å². The fourth-order valence-corrected chi connectivity index (χ4v) is 1.74. The number of halogens is 1. The molecule has 2 rings (SSSR count). The minimum Gasteiger partial charge on any atom is -0.493 e. The SMILES string of the molecule is CCOc1cc(=O)oc2ccc(Br)cc12. The summed E-state index contributed by atoms with van der Waals surface area (Å²) >= 11 is 3.36. The molecule has 0 aliphatic carbocycles. The first-order valence-electron chi connectivity index (χ1n) is 4.57.